The minimum absolute atomic E-state index is 0.318. The maximum atomic E-state index is 4.57. The van der Waals surface area contributed by atoms with E-state index in [1.807, 2.05) is 5.51 Å². The maximum Gasteiger partial charge on any atom is 0.0900 e. The highest BCUT2D eigenvalue weighted by molar-refractivity contribution is 7.11. The minimum Gasteiger partial charge on any atom is -0.308 e. The zero-order chi connectivity index (χ0) is 12.3. The molecule has 0 radical (unpaired) electrons. The van der Waals surface area contributed by atoms with Gasteiger partial charge < -0.3 is 5.32 Å². The molecule has 17 heavy (non-hydrogen) atoms. The summed E-state index contributed by atoms with van der Waals surface area (Å²) in [7, 11) is 0. The fraction of sp³-hybridized carbons (Fsp3) is 0.500. The summed E-state index contributed by atoms with van der Waals surface area (Å²) in [4.78, 5) is 10.2. The predicted molar refractivity (Wildman–Crippen MR) is 73.8 cm³/mol. The van der Waals surface area contributed by atoms with Crippen molar-refractivity contribution in [3.63, 3.8) is 0 Å². The Morgan fingerprint density at radius 3 is 2.82 bits per heavy atom. The fourth-order valence-corrected chi connectivity index (χ4v) is 3.33. The molecule has 1 unspecified atom stereocenters. The molecular formula is C12H17N3S2. The lowest BCUT2D eigenvalue weighted by Gasteiger charge is -2.11. The molecule has 0 aliphatic heterocycles. The van der Waals surface area contributed by atoms with E-state index in [0.29, 0.717) is 6.04 Å². The molecule has 0 fully saturated rings. The van der Waals surface area contributed by atoms with Gasteiger partial charge in [0.25, 0.3) is 0 Å². The van der Waals surface area contributed by atoms with E-state index in [1.54, 1.807) is 22.7 Å². The molecule has 1 N–H and O–H groups in total. The molecule has 0 amide bonds. The van der Waals surface area contributed by atoms with Gasteiger partial charge in [0, 0.05) is 29.3 Å². The van der Waals surface area contributed by atoms with Crippen LogP contribution in [0.25, 0.3) is 0 Å². The summed E-state index contributed by atoms with van der Waals surface area (Å²) in [6, 6.07) is 0.318. The van der Waals surface area contributed by atoms with E-state index in [1.165, 1.54) is 16.3 Å². The third kappa shape index (κ3) is 3.34. The van der Waals surface area contributed by atoms with Crippen molar-refractivity contribution in [1.82, 2.24) is 15.3 Å². The SMILES string of the molecule is Cc1nc(C(C)NCCc2cscn2)c(C)s1. The van der Waals surface area contributed by atoms with E-state index in [9.17, 15) is 0 Å². The lowest BCUT2D eigenvalue weighted by atomic mass is 10.2. The van der Waals surface area contributed by atoms with Crippen molar-refractivity contribution in [1.29, 1.82) is 0 Å². The van der Waals surface area contributed by atoms with Gasteiger partial charge in [0.1, 0.15) is 0 Å². The van der Waals surface area contributed by atoms with Gasteiger partial charge in [0.2, 0.25) is 0 Å². The average molecular weight is 267 g/mol. The summed E-state index contributed by atoms with van der Waals surface area (Å²) >= 11 is 3.42. The first kappa shape index (κ1) is 12.7. The average Bonchev–Trinajstić information content (AvgIpc) is 2.88. The van der Waals surface area contributed by atoms with Crippen molar-refractivity contribution in [2.24, 2.45) is 0 Å². The molecule has 5 heteroatoms. The van der Waals surface area contributed by atoms with Crippen molar-refractivity contribution in [2.75, 3.05) is 6.54 Å². The van der Waals surface area contributed by atoms with E-state index >= 15 is 0 Å². The Morgan fingerprint density at radius 2 is 2.24 bits per heavy atom. The van der Waals surface area contributed by atoms with Gasteiger partial charge in [-0.2, -0.15) is 0 Å². The first-order valence-electron chi connectivity index (χ1n) is 5.71. The molecule has 0 bridgehead atoms. The summed E-state index contributed by atoms with van der Waals surface area (Å²) in [5.41, 5.74) is 4.24. The number of hydrogen-bond acceptors (Lipinski definition) is 5. The van der Waals surface area contributed by atoms with Crippen molar-refractivity contribution in [3.8, 4) is 0 Å². The first-order valence-corrected chi connectivity index (χ1v) is 7.47. The Hall–Kier alpha value is -0.780. The van der Waals surface area contributed by atoms with Crippen molar-refractivity contribution >= 4 is 22.7 Å². The minimum atomic E-state index is 0.318. The lowest BCUT2D eigenvalue weighted by molar-refractivity contribution is 0.561. The van der Waals surface area contributed by atoms with Gasteiger partial charge in [-0.1, -0.05) is 0 Å². The largest absolute Gasteiger partial charge is 0.308 e. The Bertz CT molecular complexity index is 462. The quantitative estimate of drug-likeness (QED) is 0.904. The zero-order valence-corrected chi connectivity index (χ0v) is 12.0. The fourth-order valence-electron chi connectivity index (χ4n) is 1.82. The lowest BCUT2D eigenvalue weighted by Crippen LogP contribution is -2.22. The highest BCUT2D eigenvalue weighted by Gasteiger charge is 2.12. The number of rotatable bonds is 5. The summed E-state index contributed by atoms with van der Waals surface area (Å²) in [5.74, 6) is 0. The van der Waals surface area contributed by atoms with Crippen LogP contribution in [0.1, 0.15) is 34.2 Å². The number of nitrogens with one attached hydrogen (secondary N) is 1. The number of hydrogen-bond donors (Lipinski definition) is 1. The van der Waals surface area contributed by atoms with Gasteiger partial charge >= 0.3 is 0 Å². The van der Waals surface area contributed by atoms with E-state index < -0.39 is 0 Å². The van der Waals surface area contributed by atoms with Crippen LogP contribution >= 0.6 is 22.7 Å². The number of aromatic nitrogens is 2. The van der Waals surface area contributed by atoms with Crippen molar-refractivity contribution in [2.45, 2.75) is 33.2 Å². The topological polar surface area (TPSA) is 37.8 Å². The van der Waals surface area contributed by atoms with Gasteiger partial charge in [-0.15, -0.1) is 22.7 Å². The van der Waals surface area contributed by atoms with Crippen LogP contribution in [0.2, 0.25) is 0 Å². The summed E-state index contributed by atoms with van der Waals surface area (Å²) in [5, 5.41) is 6.75. The van der Waals surface area contributed by atoms with Crippen LogP contribution in [-0.2, 0) is 6.42 Å². The van der Waals surface area contributed by atoms with Crippen LogP contribution < -0.4 is 5.32 Å². The normalized spacial score (nSPS) is 12.9. The Kier molecular flexibility index (Phi) is 4.25. The van der Waals surface area contributed by atoms with E-state index in [2.05, 4.69) is 41.4 Å². The molecule has 0 spiro atoms. The second-order valence-corrected chi connectivity index (χ2v) is 6.21. The molecular weight excluding hydrogens is 250 g/mol. The second kappa shape index (κ2) is 5.71. The number of aryl methyl sites for hydroxylation is 2. The maximum absolute atomic E-state index is 4.57. The molecule has 2 heterocycles. The smallest absolute Gasteiger partial charge is 0.0900 e. The molecule has 2 aromatic heterocycles. The Morgan fingerprint density at radius 1 is 1.41 bits per heavy atom. The second-order valence-electron chi connectivity index (χ2n) is 4.08. The van der Waals surface area contributed by atoms with Crippen LogP contribution in [0.5, 0.6) is 0 Å². The molecule has 0 saturated heterocycles. The molecule has 3 nitrogen and oxygen atoms in total. The van der Waals surface area contributed by atoms with Crippen LogP contribution in [0.4, 0.5) is 0 Å². The van der Waals surface area contributed by atoms with E-state index in [-0.39, 0.29) is 0 Å². The highest BCUT2D eigenvalue weighted by Crippen LogP contribution is 2.22. The molecule has 1 atom stereocenters. The number of nitrogens with zero attached hydrogens (tertiary/aromatic N) is 2. The molecule has 0 saturated carbocycles. The highest BCUT2D eigenvalue weighted by atomic mass is 32.1. The van der Waals surface area contributed by atoms with Crippen LogP contribution in [0.15, 0.2) is 10.9 Å². The summed E-state index contributed by atoms with van der Waals surface area (Å²) < 4.78 is 0. The molecule has 0 aromatic carbocycles. The van der Waals surface area contributed by atoms with Gasteiger partial charge in [-0.3, -0.25) is 0 Å². The number of thiazole rings is 2. The van der Waals surface area contributed by atoms with E-state index in [0.717, 1.165) is 18.0 Å². The van der Waals surface area contributed by atoms with Crippen LogP contribution in [0, 0.1) is 13.8 Å². The predicted octanol–water partition coefficient (Wildman–Crippen LogP) is 3.11. The summed E-state index contributed by atoms with van der Waals surface area (Å²) in [6.07, 6.45) is 0.982. The third-order valence-corrected chi connectivity index (χ3v) is 4.20. The van der Waals surface area contributed by atoms with E-state index in [4.69, 9.17) is 0 Å². The summed E-state index contributed by atoms with van der Waals surface area (Å²) in [6.45, 7) is 7.31. The zero-order valence-electron chi connectivity index (χ0n) is 10.4. The molecule has 2 rings (SSSR count). The van der Waals surface area contributed by atoms with Crippen molar-refractivity contribution < 1.29 is 0 Å². The molecule has 0 aliphatic carbocycles. The van der Waals surface area contributed by atoms with Gasteiger partial charge in [0.05, 0.1) is 21.9 Å². The van der Waals surface area contributed by atoms with Gasteiger partial charge in [0.15, 0.2) is 0 Å². The Balaban J connectivity index is 1.85. The Labute approximate surface area is 110 Å². The van der Waals surface area contributed by atoms with Crippen LogP contribution in [-0.4, -0.2) is 16.5 Å². The first-order chi connectivity index (χ1) is 8.16. The monoisotopic (exact) mass is 267 g/mol. The van der Waals surface area contributed by atoms with Crippen LogP contribution in [0.3, 0.4) is 0 Å². The van der Waals surface area contributed by atoms with Gasteiger partial charge in [-0.05, 0) is 20.8 Å². The van der Waals surface area contributed by atoms with Gasteiger partial charge in [-0.25, -0.2) is 9.97 Å². The third-order valence-electron chi connectivity index (χ3n) is 2.66. The molecule has 92 valence electrons. The molecule has 2 aromatic rings. The van der Waals surface area contributed by atoms with Crippen molar-refractivity contribution in [3.05, 3.63) is 32.2 Å². The standard InChI is InChI=1S/C12H17N3S2/c1-8(12-9(2)17-10(3)15-12)13-5-4-11-6-16-7-14-11/h6-8,13H,4-5H2,1-3H3. The molecule has 0 aliphatic rings.